The Morgan fingerprint density at radius 3 is 2.72 bits per heavy atom. The van der Waals surface area contributed by atoms with Gasteiger partial charge < -0.3 is 14.7 Å². The summed E-state index contributed by atoms with van der Waals surface area (Å²) in [5.74, 6) is 0.204. The van der Waals surface area contributed by atoms with Gasteiger partial charge in [0.2, 0.25) is 5.43 Å². The second kappa shape index (κ2) is 7.58. The fourth-order valence-electron chi connectivity index (χ4n) is 4.97. The number of amides is 1. The summed E-state index contributed by atoms with van der Waals surface area (Å²) in [5, 5.41) is 12.7. The number of benzene rings is 1. The minimum absolute atomic E-state index is 0.00116. The molecule has 2 aromatic rings. The molecular weight excluding hydrogens is 406 g/mol. The van der Waals surface area contributed by atoms with Crippen LogP contribution in [0.15, 0.2) is 64.6 Å². The molecule has 5 rings (SSSR count). The first kappa shape index (κ1) is 20.4. The van der Waals surface area contributed by atoms with Gasteiger partial charge in [0.25, 0.3) is 5.91 Å². The topological polar surface area (TPSA) is 75.0 Å². The lowest BCUT2D eigenvalue weighted by Crippen LogP contribution is -2.57. The summed E-state index contributed by atoms with van der Waals surface area (Å²) < 4.78 is 7.84. The Bertz CT molecular complexity index is 1210. The average molecular weight is 434 g/mol. The van der Waals surface area contributed by atoms with Crippen molar-refractivity contribution >= 4 is 5.91 Å². The van der Waals surface area contributed by atoms with Crippen LogP contribution in [0.2, 0.25) is 0 Å². The van der Waals surface area contributed by atoms with E-state index in [1.165, 1.54) is 11.6 Å². The number of nitrogens with zero attached hydrogens (tertiary/aromatic N) is 3. The summed E-state index contributed by atoms with van der Waals surface area (Å²) in [7, 11) is 0. The number of aromatic hydroxyl groups is 1. The highest BCUT2D eigenvalue weighted by atomic mass is 16.5. The monoisotopic (exact) mass is 433 g/mol. The molecule has 2 unspecified atom stereocenters. The number of para-hydroxylation sites is 1. The van der Waals surface area contributed by atoms with Crippen molar-refractivity contribution in [3.05, 3.63) is 81.3 Å². The third-order valence-electron chi connectivity index (χ3n) is 6.61. The van der Waals surface area contributed by atoms with Gasteiger partial charge in [-0.15, -0.1) is 0 Å². The second-order valence-corrected chi connectivity index (χ2v) is 8.92. The Morgan fingerprint density at radius 1 is 1.16 bits per heavy atom. The number of allylic oxidation sites excluding steroid dienone is 1. The van der Waals surface area contributed by atoms with Crippen LogP contribution in [0.4, 0.5) is 0 Å². The van der Waals surface area contributed by atoms with Crippen molar-refractivity contribution in [1.82, 2.24) is 9.58 Å². The van der Waals surface area contributed by atoms with Crippen LogP contribution in [0, 0.1) is 5.92 Å². The van der Waals surface area contributed by atoms with E-state index < -0.39 is 11.2 Å². The summed E-state index contributed by atoms with van der Waals surface area (Å²) in [6.07, 6.45) is 6.81. The Kier molecular flexibility index (Phi) is 4.84. The van der Waals surface area contributed by atoms with Crippen LogP contribution in [0.25, 0.3) is 0 Å². The summed E-state index contributed by atoms with van der Waals surface area (Å²) in [5.41, 5.74) is 2.81. The van der Waals surface area contributed by atoms with Crippen LogP contribution in [-0.4, -0.2) is 39.9 Å². The molecular formula is C25H27N3O4. The zero-order chi connectivity index (χ0) is 22.6. The normalized spacial score (nSPS) is 22.3. The number of hydrogen-bond acceptors (Lipinski definition) is 5. The van der Waals surface area contributed by atoms with Crippen molar-refractivity contribution in [1.29, 1.82) is 0 Å². The molecule has 0 bridgehead atoms. The van der Waals surface area contributed by atoms with Gasteiger partial charge in [-0.2, -0.15) is 0 Å². The maximum Gasteiger partial charge on any atom is 0.278 e. The van der Waals surface area contributed by atoms with Gasteiger partial charge in [0.1, 0.15) is 19.0 Å². The fraction of sp³-hybridized carbons (Fsp3) is 0.360. The smallest absolute Gasteiger partial charge is 0.278 e. The van der Waals surface area contributed by atoms with Crippen molar-refractivity contribution < 1.29 is 14.6 Å². The molecule has 0 fully saturated rings. The molecule has 3 aliphatic rings. The molecule has 32 heavy (non-hydrogen) atoms. The number of aromatic nitrogens is 1. The van der Waals surface area contributed by atoms with Gasteiger partial charge in [-0.05, 0) is 43.4 Å². The summed E-state index contributed by atoms with van der Waals surface area (Å²) in [6.45, 7) is 6.87. The number of ether oxygens (including phenoxy) is 1. The van der Waals surface area contributed by atoms with Crippen molar-refractivity contribution in [2.75, 3.05) is 18.3 Å². The van der Waals surface area contributed by atoms with Gasteiger partial charge in [0, 0.05) is 23.9 Å². The molecule has 0 spiro atoms. The molecule has 7 nitrogen and oxygen atoms in total. The van der Waals surface area contributed by atoms with Crippen LogP contribution >= 0.6 is 0 Å². The van der Waals surface area contributed by atoms with Gasteiger partial charge >= 0.3 is 0 Å². The molecule has 0 saturated carbocycles. The number of carbonyl (C=O) groups is 1. The molecule has 0 radical (unpaired) electrons. The highest BCUT2D eigenvalue weighted by Crippen LogP contribution is 2.45. The third kappa shape index (κ3) is 3.03. The van der Waals surface area contributed by atoms with Crippen molar-refractivity contribution in [2.24, 2.45) is 5.92 Å². The number of carbonyl (C=O) groups excluding carboxylic acids is 1. The number of fused-ring (bicyclic) bond motifs is 2. The SMILES string of the molecule is CC1CC=CC2=C1C(N1CN(C(C)C)C(=O)c3c(O)c(=O)ccn31)c1ccccc1OC2. The number of hydrogen-bond donors (Lipinski definition) is 1. The van der Waals surface area contributed by atoms with Crippen LogP contribution in [0.5, 0.6) is 11.5 Å². The van der Waals surface area contributed by atoms with Crippen LogP contribution in [-0.2, 0) is 0 Å². The Labute approximate surface area is 186 Å². The van der Waals surface area contributed by atoms with Gasteiger partial charge in [-0.3, -0.25) is 19.3 Å². The lowest BCUT2D eigenvalue weighted by molar-refractivity contribution is 0.0620. The first-order valence-corrected chi connectivity index (χ1v) is 11.0. The summed E-state index contributed by atoms with van der Waals surface area (Å²) in [6, 6.07) is 8.94. The quantitative estimate of drug-likeness (QED) is 0.786. The number of pyridine rings is 1. The van der Waals surface area contributed by atoms with Gasteiger partial charge in [-0.25, -0.2) is 0 Å². The largest absolute Gasteiger partial charge is 0.502 e. The lowest BCUT2D eigenvalue weighted by Gasteiger charge is -2.46. The predicted molar refractivity (Wildman–Crippen MR) is 121 cm³/mol. The molecule has 1 N–H and O–H groups in total. The summed E-state index contributed by atoms with van der Waals surface area (Å²) in [4.78, 5) is 27.2. The maximum atomic E-state index is 13.3. The Hall–Kier alpha value is -3.48. The van der Waals surface area contributed by atoms with E-state index in [2.05, 4.69) is 30.2 Å². The fourth-order valence-corrected chi connectivity index (χ4v) is 4.97. The average Bonchev–Trinajstić information content (AvgIpc) is 2.94. The van der Waals surface area contributed by atoms with Crippen molar-refractivity contribution in [3.8, 4) is 11.5 Å². The highest BCUT2D eigenvalue weighted by molar-refractivity contribution is 5.96. The molecule has 7 heteroatoms. The molecule has 0 saturated heterocycles. The molecule has 2 atom stereocenters. The van der Waals surface area contributed by atoms with Crippen LogP contribution in [0.1, 0.15) is 49.3 Å². The second-order valence-electron chi connectivity index (χ2n) is 8.92. The van der Waals surface area contributed by atoms with Crippen molar-refractivity contribution in [2.45, 2.75) is 39.3 Å². The van der Waals surface area contributed by atoms with E-state index in [4.69, 9.17) is 4.74 Å². The Morgan fingerprint density at radius 2 is 1.94 bits per heavy atom. The molecule has 1 amide bonds. The zero-order valence-electron chi connectivity index (χ0n) is 18.5. The molecule has 166 valence electrons. The molecule has 2 aliphatic heterocycles. The standard InChI is InChI=1S/C25H27N3O4/c1-15(2)26-14-28(27-12-11-19(29)24(30)23(27)25(26)31)22-18-9-4-5-10-20(18)32-13-17-8-6-7-16(3)21(17)22/h4-6,8-12,15-16,22,30H,7,13-14H2,1-3H3. The molecule has 3 heterocycles. The lowest BCUT2D eigenvalue weighted by atomic mass is 9.81. The first-order chi connectivity index (χ1) is 15.4. The first-order valence-electron chi connectivity index (χ1n) is 11.0. The Balaban J connectivity index is 1.79. The third-order valence-corrected chi connectivity index (χ3v) is 6.61. The van der Waals surface area contributed by atoms with E-state index in [0.29, 0.717) is 13.3 Å². The van der Waals surface area contributed by atoms with E-state index in [-0.39, 0.29) is 29.6 Å². The van der Waals surface area contributed by atoms with Gasteiger partial charge in [0.05, 0.1) is 6.04 Å². The zero-order valence-corrected chi connectivity index (χ0v) is 18.5. The van der Waals surface area contributed by atoms with Crippen molar-refractivity contribution in [3.63, 3.8) is 0 Å². The van der Waals surface area contributed by atoms with E-state index in [1.807, 2.05) is 32.0 Å². The number of rotatable bonds is 2. The van der Waals surface area contributed by atoms with E-state index in [0.717, 1.165) is 23.3 Å². The van der Waals surface area contributed by atoms with Crippen LogP contribution < -0.4 is 15.2 Å². The van der Waals surface area contributed by atoms with Crippen LogP contribution in [0.3, 0.4) is 0 Å². The summed E-state index contributed by atoms with van der Waals surface area (Å²) >= 11 is 0. The highest BCUT2D eigenvalue weighted by Gasteiger charge is 2.41. The maximum absolute atomic E-state index is 13.3. The van der Waals surface area contributed by atoms with E-state index >= 15 is 0 Å². The van der Waals surface area contributed by atoms with E-state index in [1.54, 1.807) is 15.8 Å². The minimum atomic E-state index is -0.561. The minimum Gasteiger partial charge on any atom is -0.502 e. The van der Waals surface area contributed by atoms with E-state index in [9.17, 15) is 14.7 Å². The van der Waals surface area contributed by atoms with Gasteiger partial charge in [0.15, 0.2) is 11.4 Å². The molecule has 1 aromatic heterocycles. The molecule has 1 aliphatic carbocycles. The predicted octanol–water partition coefficient (Wildman–Crippen LogP) is 3.34. The molecule has 1 aromatic carbocycles. The van der Waals surface area contributed by atoms with Gasteiger partial charge in [-0.1, -0.05) is 37.3 Å².